The van der Waals surface area contributed by atoms with E-state index in [0.29, 0.717) is 19.1 Å². The number of ether oxygens (including phenoxy) is 1. The van der Waals surface area contributed by atoms with E-state index in [1.165, 1.54) is 5.56 Å². The summed E-state index contributed by atoms with van der Waals surface area (Å²) in [6.45, 7) is 6.99. The molecule has 0 saturated heterocycles. The van der Waals surface area contributed by atoms with E-state index in [2.05, 4.69) is 38.2 Å². The van der Waals surface area contributed by atoms with E-state index in [4.69, 9.17) is 4.74 Å². The molecule has 0 radical (unpaired) electrons. The Morgan fingerprint density at radius 1 is 1.26 bits per heavy atom. The van der Waals surface area contributed by atoms with Crippen LogP contribution < -0.4 is 10.1 Å². The molecule has 1 saturated carbocycles. The zero-order chi connectivity index (χ0) is 13.9. The standard InChI is InChI=1S/C16H23NO2/c1-16(2,3)12-4-8-14(9-5-12)19-11-10-15(18)17-13-6-7-13/h4-5,8-9,13H,6-7,10-11H2,1-3H3,(H,17,18). The van der Waals surface area contributed by atoms with Crippen LogP contribution in [-0.4, -0.2) is 18.6 Å². The molecule has 0 heterocycles. The van der Waals surface area contributed by atoms with Crippen LogP contribution in [0, 0.1) is 0 Å². The van der Waals surface area contributed by atoms with Gasteiger partial charge in [0, 0.05) is 6.04 Å². The molecule has 1 N–H and O–H groups in total. The summed E-state index contributed by atoms with van der Waals surface area (Å²) in [5, 5.41) is 2.95. The molecule has 3 heteroatoms. The molecule has 0 spiro atoms. The highest BCUT2D eigenvalue weighted by Gasteiger charge is 2.22. The van der Waals surface area contributed by atoms with Gasteiger partial charge in [-0.3, -0.25) is 4.79 Å². The van der Waals surface area contributed by atoms with Gasteiger partial charge in [0.2, 0.25) is 5.91 Å². The van der Waals surface area contributed by atoms with Crippen molar-refractivity contribution in [3.63, 3.8) is 0 Å². The number of benzene rings is 1. The molecule has 1 amide bonds. The van der Waals surface area contributed by atoms with Gasteiger partial charge in [-0.05, 0) is 36.0 Å². The summed E-state index contributed by atoms with van der Waals surface area (Å²) in [4.78, 5) is 11.5. The molecule has 1 aliphatic rings. The fourth-order valence-corrected chi connectivity index (χ4v) is 1.84. The molecule has 1 fully saturated rings. The molecule has 1 aromatic carbocycles. The first-order chi connectivity index (χ1) is 8.95. The molecule has 104 valence electrons. The van der Waals surface area contributed by atoms with Gasteiger partial charge in [-0.2, -0.15) is 0 Å². The van der Waals surface area contributed by atoms with Gasteiger partial charge in [-0.15, -0.1) is 0 Å². The second-order valence-corrected chi connectivity index (χ2v) is 6.21. The Kier molecular flexibility index (Phi) is 4.13. The molecule has 0 aliphatic heterocycles. The third kappa shape index (κ3) is 4.58. The largest absolute Gasteiger partial charge is 0.493 e. The van der Waals surface area contributed by atoms with Gasteiger partial charge in [0.1, 0.15) is 5.75 Å². The first-order valence-corrected chi connectivity index (χ1v) is 6.98. The summed E-state index contributed by atoms with van der Waals surface area (Å²) < 4.78 is 5.59. The smallest absolute Gasteiger partial charge is 0.223 e. The molecular formula is C16H23NO2. The second-order valence-electron chi connectivity index (χ2n) is 6.21. The van der Waals surface area contributed by atoms with Crippen LogP contribution in [0.3, 0.4) is 0 Å². The van der Waals surface area contributed by atoms with Crippen LogP contribution in [0.2, 0.25) is 0 Å². The molecule has 2 rings (SSSR count). The molecule has 19 heavy (non-hydrogen) atoms. The molecule has 1 aliphatic carbocycles. The van der Waals surface area contributed by atoms with Gasteiger partial charge < -0.3 is 10.1 Å². The maximum Gasteiger partial charge on any atom is 0.223 e. The Bertz CT molecular complexity index is 427. The van der Waals surface area contributed by atoms with Gasteiger partial charge in [0.05, 0.1) is 13.0 Å². The van der Waals surface area contributed by atoms with Crippen LogP contribution in [0.25, 0.3) is 0 Å². The Hall–Kier alpha value is -1.51. The van der Waals surface area contributed by atoms with Gasteiger partial charge in [0.25, 0.3) is 0 Å². The summed E-state index contributed by atoms with van der Waals surface area (Å²) in [5.74, 6) is 0.918. The van der Waals surface area contributed by atoms with Crippen molar-refractivity contribution in [2.45, 2.75) is 51.5 Å². The summed E-state index contributed by atoms with van der Waals surface area (Å²) in [6, 6.07) is 8.54. The Morgan fingerprint density at radius 2 is 1.89 bits per heavy atom. The van der Waals surface area contributed by atoms with Crippen LogP contribution >= 0.6 is 0 Å². The number of carbonyl (C=O) groups excluding carboxylic acids is 1. The van der Waals surface area contributed by atoms with E-state index in [9.17, 15) is 4.79 Å². The van der Waals surface area contributed by atoms with Gasteiger partial charge >= 0.3 is 0 Å². The fourth-order valence-electron chi connectivity index (χ4n) is 1.84. The summed E-state index contributed by atoms with van der Waals surface area (Å²) in [7, 11) is 0. The van der Waals surface area contributed by atoms with Gasteiger partial charge in [0.15, 0.2) is 0 Å². The van der Waals surface area contributed by atoms with E-state index in [-0.39, 0.29) is 11.3 Å². The lowest BCUT2D eigenvalue weighted by molar-refractivity contribution is -0.121. The maximum atomic E-state index is 11.5. The number of hydrogen-bond donors (Lipinski definition) is 1. The van der Waals surface area contributed by atoms with Crippen LogP contribution in [0.4, 0.5) is 0 Å². The lowest BCUT2D eigenvalue weighted by Gasteiger charge is -2.19. The highest BCUT2D eigenvalue weighted by molar-refractivity contribution is 5.76. The fraction of sp³-hybridized carbons (Fsp3) is 0.562. The van der Waals surface area contributed by atoms with Gasteiger partial charge in [-0.25, -0.2) is 0 Å². The van der Waals surface area contributed by atoms with Crippen molar-refractivity contribution < 1.29 is 9.53 Å². The molecule has 0 aromatic heterocycles. The average molecular weight is 261 g/mol. The topological polar surface area (TPSA) is 38.3 Å². The van der Waals surface area contributed by atoms with E-state index >= 15 is 0 Å². The minimum Gasteiger partial charge on any atom is -0.493 e. The zero-order valence-electron chi connectivity index (χ0n) is 12.0. The van der Waals surface area contributed by atoms with Crippen molar-refractivity contribution >= 4 is 5.91 Å². The van der Waals surface area contributed by atoms with Crippen LogP contribution in [0.15, 0.2) is 24.3 Å². The predicted molar refractivity (Wildman–Crippen MR) is 76.4 cm³/mol. The number of nitrogens with one attached hydrogen (secondary N) is 1. The molecule has 0 unspecified atom stereocenters. The highest BCUT2D eigenvalue weighted by atomic mass is 16.5. The third-order valence-electron chi connectivity index (χ3n) is 3.26. The van der Waals surface area contributed by atoms with Crippen LogP contribution in [0.5, 0.6) is 5.75 Å². The van der Waals surface area contributed by atoms with E-state index in [0.717, 1.165) is 18.6 Å². The van der Waals surface area contributed by atoms with Crippen molar-refractivity contribution in [1.82, 2.24) is 5.32 Å². The van der Waals surface area contributed by atoms with Crippen LogP contribution in [-0.2, 0) is 10.2 Å². The summed E-state index contributed by atoms with van der Waals surface area (Å²) in [6.07, 6.45) is 2.68. The van der Waals surface area contributed by atoms with Crippen molar-refractivity contribution in [2.75, 3.05) is 6.61 Å². The predicted octanol–water partition coefficient (Wildman–Crippen LogP) is 3.03. The average Bonchev–Trinajstić information content (AvgIpc) is 3.12. The quantitative estimate of drug-likeness (QED) is 0.884. The maximum absolute atomic E-state index is 11.5. The second kappa shape index (κ2) is 5.64. The Balaban J connectivity index is 1.74. The molecule has 3 nitrogen and oxygen atoms in total. The minimum absolute atomic E-state index is 0.0915. The monoisotopic (exact) mass is 261 g/mol. The molecule has 1 aromatic rings. The first kappa shape index (κ1) is 13.9. The normalized spacial score (nSPS) is 15.1. The summed E-state index contributed by atoms with van der Waals surface area (Å²) in [5.41, 5.74) is 1.44. The first-order valence-electron chi connectivity index (χ1n) is 6.98. The lowest BCUT2D eigenvalue weighted by Crippen LogP contribution is -2.26. The van der Waals surface area contributed by atoms with Gasteiger partial charge in [-0.1, -0.05) is 32.9 Å². The Morgan fingerprint density at radius 3 is 2.42 bits per heavy atom. The zero-order valence-corrected chi connectivity index (χ0v) is 12.0. The van der Waals surface area contributed by atoms with Crippen molar-refractivity contribution in [1.29, 1.82) is 0 Å². The number of hydrogen-bond acceptors (Lipinski definition) is 2. The molecular weight excluding hydrogens is 238 g/mol. The summed E-state index contributed by atoms with van der Waals surface area (Å²) >= 11 is 0. The van der Waals surface area contributed by atoms with E-state index < -0.39 is 0 Å². The van der Waals surface area contributed by atoms with Crippen molar-refractivity contribution in [2.24, 2.45) is 0 Å². The highest BCUT2D eigenvalue weighted by Crippen LogP contribution is 2.24. The van der Waals surface area contributed by atoms with Crippen molar-refractivity contribution in [3.05, 3.63) is 29.8 Å². The number of amides is 1. The van der Waals surface area contributed by atoms with E-state index in [1.54, 1.807) is 0 Å². The van der Waals surface area contributed by atoms with Crippen LogP contribution in [0.1, 0.15) is 45.6 Å². The van der Waals surface area contributed by atoms with Crippen molar-refractivity contribution in [3.8, 4) is 5.75 Å². The Labute approximate surface area is 115 Å². The molecule has 0 atom stereocenters. The number of carbonyl (C=O) groups is 1. The third-order valence-corrected chi connectivity index (χ3v) is 3.26. The number of rotatable bonds is 5. The minimum atomic E-state index is 0.0915. The van der Waals surface area contributed by atoms with E-state index in [1.807, 2.05) is 12.1 Å². The molecule has 0 bridgehead atoms. The SMILES string of the molecule is CC(C)(C)c1ccc(OCCC(=O)NC2CC2)cc1. The lowest BCUT2D eigenvalue weighted by atomic mass is 9.87.